The number of carbonyl (C=O) groups excluding carboxylic acids is 1. The summed E-state index contributed by atoms with van der Waals surface area (Å²) in [6, 6.07) is 0. The number of ether oxygens (including phenoxy) is 2. The zero-order valence-electron chi connectivity index (χ0n) is 11.3. The molecule has 0 aliphatic heterocycles. The zero-order valence-corrected chi connectivity index (χ0v) is 11.3. The Morgan fingerprint density at radius 1 is 1.19 bits per heavy atom. The van der Waals surface area contributed by atoms with Crippen molar-refractivity contribution in [2.75, 3.05) is 13.2 Å². The predicted molar refractivity (Wildman–Crippen MR) is 65.4 cm³/mol. The lowest BCUT2D eigenvalue weighted by molar-refractivity contribution is -0.148. The Labute approximate surface area is 99.5 Å². The fraction of sp³-hybridized carbons (Fsp3) is 0.923. The molecule has 0 spiro atoms. The summed E-state index contributed by atoms with van der Waals surface area (Å²) in [6.45, 7) is 11.5. The van der Waals surface area contributed by atoms with Crippen LogP contribution in [0.25, 0.3) is 0 Å². The highest BCUT2D eigenvalue weighted by molar-refractivity contribution is 5.69. The first-order valence-electron chi connectivity index (χ1n) is 6.08. The van der Waals surface area contributed by atoms with E-state index in [-0.39, 0.29) is 12.1 Å². The van der Waals surface area contributed by atoms with Crippen LogP contribution in [0.1, 0.15) is 53.9 Å². The largest absolute Gasteiger partial charge is 0.463 e. The van der Waals surface area contributed by atoms with Crippen molar-refractivity contribution in [3.8, 4) is 0 Å². The van der Waals surface area contributed by atoms with Gasteiger partial charge in [-0.2, -0.15) is 0 Å². The molecular weight excluding hydrogens is 204 g/mol. The highest BCUT2D eigenvalue weighted by Gasteiger charge is 2.09. The first-order chi connectivity index (χ1) is 7.31. The molecule has 0 fully saturated rings. The fourth-order valence-electron chi connectivity index (χ4n) is 1.28. The van der Waals surface area contributed by atoms with Crippen LogP contribution < -0.4 is 0 Å². The van der Waals surface area contributed by atoms with Gasteiger partial charge in [0.25, 0.3) is 0 Å². The molecule has 0 unspecified atom stereocenters. The first-order valence-corrected chi connectivity index (χ1v) is 6.08. The van der Waals surface area contributed by atoms with E-state index in [2.05, 4.69) is 20.8 Å². The molecule has 0 bridgehead atoms. The highest BCUT2D eigenvalue weighted by Crippen LogP contribution is 2.20. The third-order valence-electron chi connectivity index (χ3n) is 2.03. The minimum Gasteiger partial charge on any atom is -0.463 e. The second kappa shape index (κ2) is 7.66. The van der Waals surface area contributed by atoms with Gasteiger partial charge in [0.15, 0.2) is 0 Å². The molecule has 0 saturated carbocycles. The van der Waals surface area contributed by atoms with Gasteiger partial charge in [0.05, 0.1) is 19.1 Å². The maximum absolute atomic E-state index is 11.1. The third kappa shape index (κ3) is 11.5. The maximum atomic E-state index is 11.1. The van der Waals surface area contributed by atoms with E-state index in [0.29, 0.717) is 18.4 Å². The molecule has 3 nitrogen and oxygen atoms in total. The van der Waals surface area contributed by atoms with Crippen molar-refractivity contribution in [3.05, 3.63) is 0 Å². The van der Waals surface area contributed by atoms with E-state index in [4.69, 9.17) is 9.47 Å². The van der Waals surface area contributed by atoms with Crippen LogP contribution in [0.2, 0.25) is 0 Å². The fourth-order valence-corrected chi connectivity index (χ4v) is 1.28. The molecule has 0 aromatic carbocycles. The van der Waals surface area contributed by atoms with E-state index in [1.54, 1.807) is 0 Å². The van der Waals surface area contributed by atoms with E-state index < -0.39 is 0 Å². The van der Waals surface area contributed by atoms with Crippen LogP contribution in [0.3, 0.4) is 0 Å². The number of hydrogen-bond donors (Lipinski definition) is 0. The van der Waals surface area contributed by atoms with Gasteiger partial charge in [0.2, 0.25) is 0 Å². The maximum Gasteiger partial charge on any atom is 0.308 e. The van der Waals surface area contributed by atoms with Gasteiger partial charge in [0.1, 0.15) is 0 Å². The summed E-state index contributed by atoms with van der Waals surface area (Å²) in [7, 11) is 0. The Balaban J connectivity index is 3.31. The van der Waals surface area contributed by atoms with Crippen molar-refractivity contribution >= 4 is 5.97 Å². The predicted octanol–water partition coefficient (Wildman–Crippen LogP) is 3.17. The van der Waals surface area contributed by atoms with Crippen molar-refractivity contribution in [2.45, 2.75) is 60.0 Å². The Bertz CT molecular complexity index is 192. The molecule has 0 saturated heterocycles. The van der Waals surface area contributed by atoms with E-state index >= 15 is 0 Å². The van der Waals surface area contributed by atoms with Crippen LogP contribution in [0.4, 0.5) is 0 Å². The van der Waals surface area contributed by atoms with Gasteiger partial charge in [-0.1, -0.05) is 20.8 Å². The average molecular weight is 230 g/mol. The molecule has 0 heterocycles. The molecule has 0 aromatic heterocycles. The lowest BCUT2D eigenvalue weighted by Gasteiger charge is -2.17. The SMILES string of the molecule is CC(C)OC(=O)CCOCCCC(C)(C)C. The number of carbonyl (C=O) groups is 1. The van der Waals surface area contributed by atoms with E-state index in [9.17, 15) is 4.79 Å². The van der Waals surface area contributed by atoms with Gasteiger partial charge in [-0.25, -0.2) is 0 Å². The quantitative estimate of drug-likeness (QED) is 0.498. The zero-order chi connectivity index (χ0) is 12.6. The molecular formula is C13H26O3. The van der Waals surface area contributed by atoms with Crippen LogP contribution >= 0.6 is 0 Å². The van der Waals surface area contributed by atoms with Crippen LogP contribution in [0.5, 0.6) is 0 Å². The molecule has 96 valence electrons. The van der Waals surface area contributed by atoms with Crippen LogP contribution in [-0.2, 0) is 14.3 Å². The molecule has 0 aromatic rings. The topological polar surface area (TPSA) is 35.5 Å². The number of rotatable bonds is 7. The monoisotopic (exact) mass is 230 g/mol. The summed E-state index contributed by atoms with van der Waals surface area (Å²) >= 11 is 0. The van der Waals surface area contributed by atoms with Gasteiger partial charge in [-0.3, -0.25) is 4.79 Å². The second-order valence-electron chi connectivity index (χ2n) is 5.57. The summed E-state index contributed by atoms with van der Waals surface area (Å²) in [5.41, 5.74) is 0.361. The standard InChI is InChI=1S/C13H26O3/c1-11(2)16-12(14)7-10-15-9-6-8-13(3,4)5/h11H,6-10H2,1-5H3. The molecule has 0 aliphatic rings. The lowest BCUT2D eigenvalue weighted by atomic mass is 9.91. The summed E-state index contributed by atoms with van der Waals surface area (Å²) in [6.07, 6.45) is 2.51. The van der Waals surface area contributed by atoms with Gasteiger partial charge < -0.3 is 9.47 Å². The minimum atomic E-state index is -0.175. The molecule has 0 aliphatic carbocycles. The van der Waals surface area contributed by atoms with Crippen molar-refractivity contribution < 1.29 is 14.3 Å². The number of hydrogen-bond acceptors (Lipinski definition) is 3. The van der Waals surface area contributed by atoms with Gasteiger partial charge >= 0.3 is 5.97 Å². The summed E-state index contributed by atoms with van der Waals surface area (Å²) in [5.74, 6) is -0.175. The summed E-state index contributed by atoms with van der Waals surface area (Å²) in [4.78, 5) is 11.1. The summed E-state index contributed by atoms with van der Waals surface area (Å²) in [5, 5.41) is 0. The van der Waals surface area contributed by atoms with E-state index in [0.717, 1.165) is 19.4 Å². The Morgan fingerprint density at radius 2 is 1.81 bits per heavy atom. The Kier molecular flexibility index (Phi) is 7.39. The smallest absolute Gasteiger partial charge is 0.308 e. The van der Waals surface area contributed by atoms with Gasteiger partial charge in [-0.05, 0) is 32.1 Å². The van der Waals surface area contributed by atoms with E-state index in [1.807, 2.05) is 13.8 Å². The normalized spacial score (nSPS) is 11.9. The lowest BCUT2D eigenvalue weighted by Crippen LogP contribution is -2.14. The van der Waals surface area contributed by atoms with Crippen LogP contribution in [-0.4, -0.2) is 25.3 Å². The molecule has 0 rings (SSSR count). The van der Waals surface area contributed by atoms with Crippen molar-refractivity contribution in [3.63, 3.8) is 0 Å². The molecule has 0 amide bonds. The van der Waals surface area contributed by atoms with Crippen molar-refractivity contribution in [2.24, 2.45) is 5.41 Å². The summed E-state index contributed by atoms with van der Waals surface area (Å²) < 4.78 is 10.4. The van der Waals surface area contributed by atoms with Gasteiger partial charge in [-0.15, -0.1) is 0 Å². The Hall–Kier alpha value is -0.570. The van der Waals surface area contributed by atoms with Crippen LogP contribution in [0, 0.1) is 5.41 Å². The molecule has 0 radical (unpaired) electrons. The molecule has 3 heteroatoms. The third-order valence-corrected chi connectivity index (χ3v) is 2.03. The first kappa shape index (κ1) is 15.4. The molecule has 0 atom stereocenters. The highest BCUT2D eigenvalue weighted by atomic mass is 16.5. The van der Waals surface area contributed by atoms with Crippen LogP contribution in [0.15, 0.2) is 0 Å². The molecule has 16 heavy (non-hydrogen) atoms. The minimum absolute atomic E-state index is 0.0339. The Morgan fingerprint density at radius 3 is 2.31 bits per heavy atom. The van der Waals surface area contributed by atoms with Gasteiger partial charge in [0, 0.05) is 6.61 Å². The second-order valence-corrected chi connectivity index (χ2v) is 5.57. The molecule has 0 N–H and O–H groups in total. The average Bonchev–Trinajstić information content (AvgIpc) is 2.07. The van der Waals surface area contributed by atoms with Crippen molar-refractivity contribution in [1.82, 2.24) is 0 Å². The van der Waals surface area contributed by atoms with E-state index in [1.165, 1.54) is 0 Å². The van der Waals surface area contributed by atoms with Crippen molar-refractivity contribution in [1.29, 1.82) is 0 Å². The number of esters is 1.